The van der Waals surface area contributed by atoms with Gasteiger partial charge in [-0.25, -0.2) is 0 Å². The minimum Gasteiger partial charge on any atom is -0.487 e. The zero-order chi connectivity index (χ0) is 19.2. The number of para-hydroxylation sites is 1. The number of hydrogen-bond donors (Lipinski definition) is 1. The van der Waals surface area contributed by atoms with Crippen molar-refractivity contribution in [1.82, 2.24) is 9.88 Å². The molecule has 1 aliphatic heterocycles. The zero-order valence-electron chi connectivity index (χ0n) is 15.6. The molecule has 1 N–H and O–H groups in total. The fraction of sp³-hybridized carbons (Fsp3) is 0.217. The van der Waals surface area contributed by atoms with Gasteiger partial charge in [0.25, 0.3) is 0 Å². The zero-order valence-corrected chi connectivity index (χ0v) is 15.6. The molecule has 3 aromatic rings. The van der Waals surface area contributed by atoms with E-state index < -0.39 is 0 Å². The quantitative estimate of drug-likeness (QED) is 0.712. The summed E-state index contributed by atoms with van der Waals surface area (Å²) in [6, 6.07) is 22.9. The van der Waals surface area contributed by atoms with E-state index in [1.807, 2.05) is 72.8 Å². The number of anilines is 1. The van der Waals surface area contributed by atoms with Crippen LogP contribution in [0.15, 0.2) is 85.2 Å². The van der Waals surface area contributed by atoms with Gasteiger partial charge in [-0.05, 0) is 36.2 Å². The maximum absolute atomic E-state index is 13.2. The topological polar surface area (TPSA) is 54.5 Å². The lowest BCUT2D eigenvalue weighted by atomic mass is 10.0. The number of carbonyl (C=O) groups excluding carboxylic acids is 1. The molecule has 2 aromatic carbocycles. The Kier molecular flexibility index (Phi) is 5.64. The number of hydrogen-bond acceptors (Lipinski definition) is 4. The van der Waals surface area contributed by atoms with Gasteiger partial charge in [0.05, 0.1) is 6.20 Å². The number of amides is 1. The molecule has 5 heteroatoms. The van der Waals surface area contributed by atoms with Crippen LogP contribution in [0.25, 0.3) is 0 Å². The third-order valence-corrected chi connectivity index (χ3v) is 4.88. The molecule has 0 aliphatic carbocycles. The van der Waals surface area contributed by atoms with Crippen LogP contribution in [-0.2, 0) is 4.79 Å². The maximum atomic E-state index is 13.2. The largest absolute Gasteiger partial charge is 0.487 e. The Balaban J connectivity index is 1.50. The molecule has 5 nitrogen and oxygen atoms in total. The van der Waals surface area contributed by atoms with Gasteiger partial charge in [-0.1, -0.05) is 48.5 Å². The number of carbonyl (C=O) groups is 1. The Morgan fingerprint density at radius 1 is 1.04 bits per heavy atom. The highest BCUT2D eigenvalue weighted by molar-refractivity contribution is 5.95. The standard InChI is InChI=1S/C23H23N3O2/c27-23(25-19-10-5-2-6-11-19)22(18-8-3-1-4-9-18)26-15-13-21(17-26)28-20-12-7-14-24-16-20/h1-12,14,16,21-22H,13,15,17H2,(H,25,27)/t21-,22+/m0/s1. The molecule has 1 amide bonds. The van der Waals surface area contributed by atoms with E-state index in [1.54, 1.807) is 12.4 Å². The van der Waals surface area contributed by atoms with Crippen LogP contribution in [0.4, 0.5) is 5.69 Å². The summed E-state index contributed by atoms with van der Waals surface area (Å²) in [5.41, 5.74) is 1.79. The van der Waals surface area contributed by atoms with E-state index in [2.05, 4.69) is 15.2 Å². The Bertz CT molecular complexity index is 887. The molecule has 28 heavy (non-hydrogen) atoms. The van der Waals surface area contributed by atoms with E-state index in [0.717, 1.165) is 30.0 Å². The number of benzene rings is 2. The fourth-order valence-electron chi connectivity index (χ4n) is 3.59. The second-order valence-corrected chi connectivity index (χ2v) is 6.88. The van der Waals surface area contributed by atoms with Crippen LogP contribution in [0.1, 0.15) is 18.0 Å². The number of ether oxygens (including phenoxy) is 1. The molecule has 0 spiro atoms. The van der Waals surface area contributed by atoms with Crippen LogP contribution >= 0.6 is 0 Å². The minimum absolute atomic E-state index is 0.0283. The van der Waals surface area contributed by atoms with Crippen LogP contribution in [0.3, 0.4) is 0 Å². The average Bonchev–Trinajstić information content (AvgIpc) is 3.18. The van der Waals surface area contributed by atoms with Gasteiger partial charge < -0.3 is 10.1 Å². The first-order valence-corrected chi connectivity index (χ1v) is 9.51. The van der Waals surface area contributed by atoms with Crippen molar-refractivity contribution in [2.45, 2.75) is 18.6 Å². The summed E-state index contributed by atoms with van der Waals surface area (Å²) in [6.45, 7) is 1.49. The lowest BCUT2D eigenvalue weighted by molar-refractivity contribution is -0.121. The highest BCUT2D eigenvalue weighted by Crippen LogP contribution is 2.28. The van der Waals surface area contributed by atoms with Gasteiger partial charge in [0.2, 0.25) is 5.91 Å². The van der Waals surface area contributed by atoms with E-state index in [1.165, 1.54) is 0 Å². The molecule has 4 rings (SSSR count). The number of nitrogens with zero attached hydrogens (tertiary/aromatic N) is 2. The second-order valence-electron chi connectivity index (χ2n) is 6.88. The third-order valence-electron chi connectivity index (χ3n) is 4.88. The predicted octanol–water partition coefficient (Wildman–Crippen LogP) is 3.91. The summed E-state index contributed by atoms with van der Waals surface area (Å²) in [5.74, 6) is 0.735. The summed E-state index contributed by atoms with van der Waals surface area (Å²) in [6.07, 6.45) is 4.36. The summed E-state index contributed by atoms with van der Waals surface area (Å²) in [7, 11) is 0. The summed E-state index contributed by atoms with van der Waals surface area (Å²) < 4.78 is 6.05. The van der Waals surface area contributed by atoms with Gasteiger partial charge in [0.15, 0.2) is 0 Å². The summed E-state index contributed by atoms with van der Waals surface area (Å²) >= 11 is 0. The number of likely N-dealkylation sites (tertiary alicyclic amines) is 1. The second kappa shape index (κ2) is 8.67. The Morgan fingerprint density at radius 2 is 1.79 bits per heavy atom. The van der Waals surface area contributed by atoms with Crippen molar-refractivity contribution in [3.05, 3.63) is 90.8 Å². The van der Waals surface area contributed by atoms with Crippen molar-refractivity contribution in [1.29, 1.82) is 0 Å². The van der Waals surface area contributed by atoms with Crippen molar-refractivity contribution in [3.63, 3.8) is 0 Å². The van der Waals surface area contributed by atoms with Crippen LogP contribution in [0.5, 0.6) is 5.75 Å². The van der Waals surface area contributed by atoms with E-state index in [9.17, 15) is 4.79 Å². The van der Waals surface area contributed by atoms with E-state index in [0.29, 0.717) is 6.54 Å². The summed E-state index contributed by atoms with van der Waals surface area (Å²) in [5, 5.41) is 3.05. The lowest BCUT2D eigenvalue weighted by Gasteiger charge is -2.27. The monoisotopic (exact) mass is 373 g/mol. The average molecular weight is 373 g/mol. The molecule has 1 saturated heterocycles. The van der Waals surface area contributed by atoms with Gasteiger partial charge in [-0.3, -0.25) is 14.7 Å². The molecule has 0 unspecified atom stereocenters. The molecule has 0 saturated carbocycles. The SMILES string of the molecule is O=C(Nc1ccccc1)[C@@H](c1ccccc1)N1CC[C@H](Oc2cccnc2)C1. The first kappa shape index (κ1) is 18.2. The highest BCUT2D eigenvalue weighted by Gasteiger charge is 2.34. The van der Waals surface area contributed by atoms with Gasteiger partial charge in [-0.15, -0.1) is 0 Å². The molecular formula is C23H23N3O2. The maximum Gasteiger partial charge on any atom is 0.246 e. The lowest BCUT2D eigenvalue weighted by Crippen LogP contribution is -2.37. The number of aromatic nitrogens is 1. The van der Waals surface area contributed by atoms with Crippen molar-refractivity contribution >= 4 is 11.6 Å². The summed E-state index contributed by atoms with van der Waals surface area (Å²) in [4.78, 5) is 19.5. The molecule has 0 radical (unpaired) electrons. The molecular weight excluding hydrogens is 350 g/mol. The van der Waals surface area contributed by atoms with Crippen molar-refractivity contribution in [2.75, 3.05) is 18.4 Å². The van der Waals surface area contributed by atoms with Crippen LogP contribution in [-0.4, -0.2) is 35.0 Å². The van der Waals surface area contributed by atoms with Crippen molar-refractivity contribution < 1.29 is 9.53 Å². The van der Waals surface area contributed by atoms with E-state index >= 15 is 0 Å². The van der Waals surface area contributed by atoms with Crippen LogP contribution < -0.4 is 10.1 Å². The van der Waals surface area contributed by atoms with Crippen LogP contribution in [0, 0.1) is 0 Å². The molecule has 2 heterocycles. The van der Waals surface area contributed by atoms with Crippen molar-refractivity contribution in [2.24, 2.45) is 0 Å². The molecule has 1 aliphatic rings. The molecule has 1 aromatic heterocycles. The van der Waals surface area contributed by atoms with Gasteiger partial charge in [0.1, 0.15) is 17.9 Å². The predicted molar refractivity (Wildman–Crippen MR) is 109 cm³/mol. The minimum atomic E-state index is -0.357. The molecule has 2 atom stereocenters. The molecule has 0 bridgehead atoms. The Morgan fingerprint density at radius 3 is 2.50 bits per heavy atom. The fourth-order valence-corrected chi connectivity index (χ4v) is 3.59. The van der Waals surface area contributed by atoms with Gasteiger partial charge >= 0.3 is 0 Å². The molecule has 1 fully saturated rings. The normalized spacial score (nSPS) is 17.8. The van der Waals surface area contributed by atoms with Crippen molar-refractivity contribution in [3.8, 4) is 5.75 Å². The number of rotatable bonds is 6. The van der Waals surface area contributed by atoms with Crippen LogP contribution in [0.2, 0.25) is 0 Å². The first-order chi connectivity index (χ1) is 13.8. The first-order valence-electron chi connectivity index (χ1n) is 9.51. The highest BCUT2D eigenvalue weighted by atomic mass is 16.5. The van der Waals surface area contributed by atoms with E-state index in [-0.39, 0.29) is 18.1 Å². The Labute approximate surface area is 165 Å². The molecule has 142 valence electrons. The third kappa shape index (κ3) is 4.38. The Hall–Kier alpha value is -3.18. The van der Waals surface area contributed by atoms with Gasteiger partial charge in [-0.2, -0.15) is 0 Å². The van der Waals surface area contributed by atoms with E-state index in [4.69, 9.17) is 4.74 Å². The number of pyridine rings is 1. The smallest absolute Gasteiger partial charge is 0.246 e. The number of nitrogens with one attached hydrogen (secondary N) is 1. The van der Waals surface area contributed by atoms with Gasteiger partial charge in [0, 0.05) is 25.0 Å².